The molecule has 2 rings (SSSR count). The third kappa shape index (κ3) is 1.87. The fourth-order valence-corrected chi connectivity index (χ4v) is 2.03. The minimum Gasteiger partial charge on any atom is -0.391 e. The quantitative estimate of drug-likeness (QED) is 0.580. The predicted octanol–water partition coefficient (Wildman–Crippen LogP) is -1.28. The van der Waals surface area contributed by atoms with Crippen LogP contribution in [0.3, 0.4) is 0 Å². The Morgan fingerprint density at radius 1 is 1.43 bits per heavy atom. The lowest BCUT2D eigenvalue weighted by atomic mass is 10.1. The van der Waals surface area contributed by atoms with E-state index < -0.39 is 6.10 Å². The Kier molecular flexibility index (Phi) is 2.41. The fourth-order valence-electron chi connectivity index (χ4n) is 2.03. The van der Waals surface area contributed by atoms with Gasteiger partial charge in [0.15, 0.2) is 0 Å². The van der Waals surface area contributed by atoms with E-state index in [4.69, 9.17) is 0 Å². The van der Waals surface area contributed by atoms with E-state index in [1.807, 2.05) is 0 Å². The molecule has 5 heteroatoms. The maximum atomic E-state index is 11.3. The Labute approximate surface area is 82.1 Å². The molecule has 2 unspecified atom stereocenters. The van der Waals surface area contributed by atoms with Crippen LogP contribution in [-0.2, 0) is 9.59 Å². The number of β-amino-alcohol motifs (C(OH)–C–C–N with tert-alkyl or cyclic N) is 1. The van der Waals surface area contributed by atoms with Gasteiger partial charge < -0.3 is 15.3 Å². The van der Waals surface area contributed by atoms with Gasteiger partial charge >= 0.3 is 0 Å². The second kappa shape index (κ2) is 3.57. The van der Waals surface area contributed by atoms with Crippen molar-refractivity contribution in [3.05, 3.63) is 0 Å². The lowest BCUT2D eigenvalue weighted by Crippen LogP contribution is -2.32. The first-order chi connectivity index (χ1) is 6.65. The van der Waals surface area contributed by atoms with Crippen molar-refractivity contribution >= 4 is 11.8 Å². The zero-order chi connectivity index (χ0) is 10.1. The summed E-state index contributed by atoms with van der Waals surface area (Å²) < 4.78 is 0. The SMILES string of the molecule is O=C1CC(CN2CC(O)CC2=O)CN1. The summed E-state index contributed by atoms with van der Waals surface area (Å²) in [4.78, 5) is 23.9. The number of rotatable bonds is 2. The van der Waals surface area contributed by atoms with Gasteiger partial charge in [0.2, 0.25) is 11.8 Å². The third-order valence-electron chi connectivity index (χ3n) is 2.73. The summed E-state index contributed by atoms with van der Waals surface area (Å²) >= 11 is 0. The molecule has 0 radical (unpaired) electrons. The number of likely N-dealkylation sites (tertiary alicyclic amines) is 1. The standard InChI is InChI=1S/C9H14N2O3/c12-7-2-9(14)11(5-7)4-6-1-8(13)10-3-6/h6-7,12H,1-5H2,(H,10,13). The highest BCUT2D eigenvalue weighted by molar-refractivity contribution is 5.80. The van der Waals surface area contributed by atoms with Gasteiger partial charge in [-0.05, 0) is 0 Å². The molecule has 0 saturated carbocycles. The molecule has 2 aliphatic rings. The maximum absolute atomic E-state index is 11.3. The highest BCUT2D eigenvalue weighted by Gasteiger charge is 2.31. The van der Waals surface area contributed by atoms with Crippen LogP contribution in [0.2, 0.25) is 0 Å². The van der Waals surface area contributed by atoms with Crippen LogP contribution in [0, 0.1) is 5.92 Å². The zero-order valence-corrected chi connectivity index (χ0v) is 7.90. The number of carbonyl (C=O) groups is 2. The number of carbonyl (C=O) groups excluding carboxylic acids is 2. The molecule has 2 aliphatic heterocycles. The van der Waals surface area contributed by atoms with Crippen LogP contribution < -0.4 is 5.32 Å². The van der Waals surface area contributed by atoms with Crippen LogP contribution in [0.25, 0.3) is 0 Å². The molecule has 0 aromatic rings. The summed E-state index contributed by atoms with van der Waals surface area (Å²) in [7, 11) is 0. The van der Waals surface area contributed by atoms with Crippen molar-refractivity contribution in [1.82, 2.24) is 10.2 Å². The number of nitrogens with zero attached hydrogens (tertiary/aromatic N) is 1. The highest BCUT2D eigenvalue weighted by Crippen LogP contribution is 2.16. The Balaban J connectivity index is 1.86. The summed E-state index contributed by atoms with van der Waals surface area (Å²) in [5, 5.41) is 12.0. The Bertz CT molecular complexity index is 267. The second-order valence-electron chi connectivity index (χ2n) is 4.03. The number of amides is 2. The van der Waals surface area contributed by atoms with E-state index >= 15 is 0 Å². The lowest BCUT2D eigenvalue weighted by Gasteiger charge is -2.18. The molecular weight excluding hydrogens is 184 g/mol. The van der Waals surface area contributed by atoms with Crippen LogP contribution in [0.5, 0.6) is 0 Å². The minimum absolute atomic E-state index is 0.00292. The van der Waals surface area contributed by atoms with E-state index in [2.05, 4.69) is 5.32 Å². The molecule has 2 amide bonds. The number of nitrogens with one attached hydrogen (secondary N) is 1. The molecule has 0 aromatic carbocycles. The molecule has 2 fully saturated rings. The minimum atomic E-state index is -0.521. The van der Waals surface area contributed by atoms with E-state index in [1.165, 1.54) is 0 Å². The van der Waals surface area contributed by atoms with Crippen molar-refractivity contribution in [3.8, 4) is 0 Å². The first-order valence-electron chi connectivity index (χ1n) is 4.87. The maximum Gasteiger partial charge on any atom is 0.225 e. The molecule has 0 bridgehead atoms. The van der Waals surface area contributed by atoms with Crippen molar-refractivity contribution in [2.45, 2.75) is 18.9 Å². The van der Waals surface area contributed by atoms with E-state index in [0.717, 1.165) is 0 Å². The van der Waals surface area contributed by atoms with Crippen molar-refractivity contribution in [3.63, 3.8) is 0 Å². The lowest BCUT2D eigenvalue weighted by molar-refractivity contribution is -0.128. The van der Waals surface area contributed by atoms with E-state index in [0.29, 0.717) is 26.1 Å². The predicted molar refractivity (Wildman–Crippen MR) is 48.3 cm³/mol. The van der Waals surface area contributed by atoms with Gasteiger partial charge in [0.05, 0.1) is 12.5 Å². The van der Waals surface area contributed by atoms with Crippen LogP contribution in [0.1, 0.15) is 12.8 Å². The molecule has 0 aromatic heterocycles. The molecule has 14 heavy (non-hydrogen) atoms. The normalized spacial score (nSPS) is 32.5. The molecule has 2 N–H and O–H groups in total. The second-order valence-corrected chi connectivity index (χ2v) is 4.03. The molecule has 5 nitrogen and oxygen atoms in total. The summed E-state index contributed by atoms with van der Waals surface area (Å²) in [5.41, 5.74) is 0. The molecule has 2 atom stereocenters. The molecule has 0 spiro atoms. The van der Waals surface area contributed by atoms with Crippen molar-refractivity contribution in [2.24, 2.45) is 5.92 Å². The van der Waals surface area contributed by atoms with Gasteiger partial charge in [-0.2, -0.15) is 0 Å². The highest BCUT2D eigenvalue weighted by atomic mass is 16.3. The molecule has 2 saturated heterocycles. The number of hydrogen-bond acceptors (Lipinski definition) is 3. The van der Waals surface area contributed by atoms with Gasteiger partial charge in [0, 0.05) is 32.0 Å². The average molecular weight is 198 g/mol. The third-order valence-corrected chi connectivity index (χ3v) is 2.73. The Morgan fingerprint density at radius 3 is 2.71 bits per heavy atom. The Morgan fingerprint density at radius 2 is 2.21 bits per heavy atom. The van der Waals surface area contributed by atoms with Gasteiger partial charge in [0.25, 0.3) is 0 Å². The van der Waals surface area contributed by atoms with Crippen LogP contribution in [-0.4, -0.2) is 47.6 Å². The van der Waals surface area contributed by atoms with Gasteiger partial charge in [-0.1, -0.05) is 0 Å². The molecular formula is C9H14N2O3. The molecule has 78 valence electrons. The average Bonchev–Trinajstić information content (AvgIpc) is 2.61. The molecule has 0 aliphatic carbocycles. The van der Waals surface area contributed by atoms with Crippen LogP contribution in [0.15, 0.2) is 0 Å². The zero-order valence-electron chi connectivity index (χ0n) is 7.90. The fraction of sp³-hybridized carbons (Fsp3) is 0.778. The summed E-state index contributed by atoms with van der Waals surface area (Å²) in [6.45, 7) is 1.66. The summed E-state index contributed by atoms with van der Waals surface area (Å²) in [5.74, 6) is 0.274. The Hall–Kier alpha value is -1.10. The topological polar surface area (TPSA) is 69.6 Å². The van der Waals surface area contributed by atoms with Crippen molar-refractivity contribution in [1.29, 1.82) is 0 Å². The van der Waals surface area contributed by atoms with E-state index in [9.17, 15) is 14.7 Å². The first-order valence-corrected chi connectivity index (χ1v) is 4.87. The van der Waals surface area contributed by atoms with Gasteiger partial charge in [-0.25, -0.2) is 0 Å². The molecule has 2 heterocycles. The smallest absolute Gasteiger partial charge is 0.225 e. The van der Waals surface area contributed by atoms with Gasteiger partial charge in [0.1, 0.15) is 0 Å². The van der Waals surface area contributed by atoms with Gasteiger partial charge in [-0.3, -0.25) is 9.59 Å². The van der Waals surface area contributed by atoms with E-state index in [-0.39, 0.29) is 24.2 Å². The van der Waals surface area contributed by atoms with Gasteiger partial charge in [-0.15, -0.1) is 0 Å². The van der Waals surface area contributed by atoms with Crippen molar-refractivity contribution < 1.29 is 14.7 Å². The largest absolute Gasteiger partial charge is 0.391 e. The number of aliphatic hydroxyl groups excluding tert-OH is 1. The van der Waals surface area contributed by atoms with Crippen LogP contribution in [0.4, 0.5) is 0 Å². The van der Waals surface area contributed by atoms with Crippen molar-refractivity contribution in [2.75, 3.05) is 19.6 Å². The summed E-state index contributed by atoms with van der Waals surface area (Å²) in [6, 6.07) is 0. The van der Waals surface area contributed by atoms with Crippen LogP contribution >= 0.6 is 0 Å². The summed E-state index contributed by atoms with van der Waals surface area (Å²) in [6.07, 6.45) is 0.209. The first kappa shape index (κ1) is 9.45. The number of aliphatic hydroxyl groups is 1. The monoisotopic (exact) mass is 198 g/mol. The number of hydrogen-bond donors (Lipinski definition) is 2. The van der Waals surface area contributed by atoms with E-state index in [1.54, 1.807) is 4.90 Å².